The first-order chi connectivity index (χ1) is 10.3. The molecule has 0 heterocycles. The Balaban J connectivity index is 2.90. The standard InChI is InChI=1S/C13H12N4O4S/c1-9(13(18)19)17-22(20,21)12-4-2-11(3-5-12)16-8-10(6-14)7-15/h2-5,8-9,16-17H,1H3,(H,18,19). The van der Waals surface area contributed by atoms with Crippen molar-refractivity contribution in [2.45, 2.75) is 17.9 Å². The van der Waals surface area contributed by atoms with Crippen molar-refractivity contribution < 1.29 is 18.3 Å². The van der Waals surface area contributed by atoms with E-state index in [1.54, 1.807) is 12.1 Å². The van der Waals surface area contributed by atoms with Crippen LogP contribution < -0.4 is 10.0 Å². The van der Waals surface area contributed by atoms with E-state index in [1.807, 2.05) is 4.72 Å². The number of benzene rings is 1. The first kappa shape index (κ1) is 17.2. The van der Waals surface area contributed by atoms with Gasteiger partial charge in [0, 0.05) is 11.9 Å². The molecule has 0 aromatic heterocycles. The third-order valence-corrected chi connectivity index (χ3v) is 4.05. The lowest BCUT2D eigenvalue weighted by Gasteiger charge is -2.10. The zero-order valence-electron chi connectivity index (χ0n) is 11.4. The van der Waals surface area contributed by atoms with Gasteiger partial charge in [0.1, 0.15) is 23.8 Å². The summed E-state index contributed by atoms with van der Waals surface area (Å²) < 4.78 is 25.9. The normalized spacial score (nSPS) is 11.6. The molecule has 1 rings (SSSR count). The zero-order valence-corrected chi connectivity index (χ0v) is 12.3. The Bertz CT molecular complexity index is 754. The van der Waals surface area contributed by atoms with E-state index in [0.29, 0.717) is 5.69 Å². The van der Waals surface area contributed by atoms with E-state index in [4.69, 9.17) is 15.6 Å². The molecule has 0 aliphatic carbocycles. The number of sulfonamides is 1. The summed E-state index contributed by atoms with van der Waals surface area (Å²) in [4.78, 5) is 10.6. The highest BCUT2D eigenvalue weighted by Crippen LogP contribution is 2.14. The van der Waals surface area contributed by atoms with Gasteiger partial charge in [-0.15, -0.1) is 0 Å². The summed E-state index contributed by atoms with van der Waals surface area (Å²) in [7, 11) is -3.94. The molecule has 0 fully saturated rings. The summed E-state index contributed by atoms with van der Waals surface area (Å²) in [6.45, 7) is 1.21. The van der Waals surface area contributed by atoms with Crippen molar-refractivity contribution in [1.82, 2.24) is 4.72 Å². The van der Waals surface area contributed by atoms with E-state index in [2.05, 4.69) is 5.32 Å². The number of allylic oxidation sites excluding steroid dienone is 1. The topological polar surface area (TPSA) is 143 Å². The predicted molar refractivity (Wildman–Crippen MR) is 76.8 cm³/mol. The van der Waals surface area contributed by atoms with Gasteiger partial charge in [-0.1, -0.05) is 0 Å². The molecule has 0 spiro atoms. The van der Waals surface area contributed by atoms with Crippen LogP contribution in [-0.4, -0.2) is 25.5 Å². The minimum atomic E-state index is -3.94. The van der Waals surface area contributed by atoms with Gasteiger partial charge in [0.15, 0.2) is 0 Å². The molecular formula is C13H12N4O4S. The lowest BCUT2D eigenvalue weighted by Crippen LogP contribution is -2.38. The second-order valence-electron chi connectivity index (χ2n) is 4.13. The van der Waals surface area contributed by atoms with Crippen LogP contribution in [0.2, 0.25) is 0 Å². The van der Waals surface area contributed by atoms with Gasteiger partial charge < -0.3 is 10.4 Å². The molecule has 1 unspecified atom stereocenters. The van der Waals surface area contributed by atoms with Crippen LogP contribution >= 0.6 is 0 Å². The molecule has 8 nitrogen and oxygen atoms in total. The van der Waals surface area contributed by atoms with Crippen molar-refractivity contribution in [3.05, 3.63) is 36.0 Å². The van der Waals surface area contributed by atoms with Crippen LogP contribution in [-0.2, 0) is 14.8 Å². The van der Waals surface area contributed by atoms with Crippen LogP contribution in [0.25, 0.3) is 0 Å². The summed E-state index contributed by atoms with van der Waals surface area (Å²) in [6, 6.07) is 7.46. The molecule has 114 valence electrons. The fraction of sp³-hybridized carbons (Fsp3) is 0.154. The first-order valence-electron chi connectivity index (χ1n) is 5.92. The number of aliphatic carboxylic acids is 1. The zero-order chi connectivity index (χ0) is 16.8. The maximum atomic E-state index is 11.9. The number of carboxylic acid groups (broad SMARTS) is 1. The summed E-state index contributed by atoms with van der Waals surface area (Å²) in [5.41, 5.74) is 0.335. The van der Waals surface area contributed by atoms with Crippen molar-refractivity contribution in [2.24, 2.45) is 0 Å². The third-order valence-electron chi connectivity index (χ3n) is 2.49. The second kappa shape index (κ2) is 7.22. The Labute approximate surface area is 127 Å². The van der Waals surface area contributed by atoms with E-state index in [1.165, 1.54) is 37.4 Å². The molecule has 1 atom stereocenters. The molecule has 22 heavy (non-hydrogen) atoms. The van der Waals surface area contributed by atoms with Crippen LogP contribution in [0.15, 0.2) is 40.9 Å². The molecular weight excluding hydrogens is 308 g/mol. The van der Waals surface area contributed by atoms with Gasteiger partial charge in [0.2, 0.25) is 10.0 Å². The number of nitriles is 2. The molecule has 0 saturated carbocycles. The Morgan fingerprint density at radius 1 is 1.27 bits per heavy atom. The van der Waals surface area contributed by atoms with Crippen molar-refractivity contribution in [3.8, 4) is 12.1 Å². The van der Waals surface area contributed by atoms with Crippen LogP contribution in [0.5, 0.6) is 0 Å². The minimum absolute atomic E-state index is 0.101. The Morgan fingerprint density at radius 2 is 1.82 bits per heavy atom. The van der Waals surface area contributed by atoms with Gasteiger partial charge >= 0.3 is 5.97 Å². The van der Waals surface area contributed by atoms with Gasteiger partial charge in [-0.25, -0.2) is 8.42 Å². The molecule has 0 aliphatic rings. The number of hydrogen-bond donors (Lipinski definition) is 3. The molecule has 3 N–H and O–H groups in total. The molecule has 1 aromatic rings. The average Bonchev–Trinajstić information content (AvgIpc) is 2.48. The summed E-state index contributed by atoms with van der Waals surface area (Å²) in [6.07, 6.45) is 1.19. The first-order valence-corrected chi connectivity index (χ1v) is 7.40. The second-order valence-corrected chi connectivity index (χ2v) is 5.85. The Hall–Kier alpha value is -2.88. The number of nitrogens with one attached hydrogen (secondary N) is 2. The van der Waals surface area contributed by atoms with E-state index in [0.717, 1.165) is 0 Å². The highest BCUT2D eigenvalue weighted by atomic mass is 32.2. The fourth-order valence-electron chi connectivity index (χ4n) is 1.33. The van der Waals surface area contributed by atoms with Crippen molar-refractivity contribution >= 4 is 21.7 Å². The van der Waals surface area contributed by atoms with Gasteiger partial charge in [-0.05, 0) is 31.2 Å². The summed E-state index contributed by atoms with van der Waals surface area (Å²) in [5.74, 6) is -1.28. The number of carbonyl (C=O) groups is 1. The van der Waals surface area contributed by atoms with Gasteiger partial charge in [-0.2, -0.15) is 15.2 Å². The molecule has 0 radical (unpaired) electrons. The monoisotopic (exact) mass is 320 g/mol. The number of carboxylic acids is 1. The van der Waals surface area contributed by atoms with Crippen LogP contribution in [0.1, 0.15) is 6.92 Å². The number of anilines is 1. The summed E-state index contributed by atoms with van der Waals surface area (Å²) in [5, 5.41) is 28.5. The van der Waals surface area contributed by atoms with E-state index < -0.39 is 22.0 Å². The lowest BCUT2D eigenvalue weighted by atomic mass is 10.3. The van der Waals surface area contributed by atoms with Crippen molar-refractivity contribution in [3.63, 3.8) is 0 Å². The molecule has 0 amide bonds. The number of rotatable bonds is 6. The van der Waals surface area contributed by atoms with Crippen LogP contribution in [0, 0.1) is 22.7 Å². The third kappa shape index (κ3) is 4.59. The molecule has 0 bridgehead atoms. The van der Waals surface area contributed by atoms with E-state index in [-0.39, 0.29) is 10.5 Å². The van der Waals surface area contributed by atoms with E-state index >= 15 is 0 Å². The lowest BCUT2D eigenvalue weighted by molar-refractivity contribution is -0.138. The van der Waals surface area contributed by atoms with Crippen molar-refractivity contribution in [2.75, 3.05) is 5.32 Å². The molecule has 9 heteroatoms. The summed E-state index contributed by atoms with van der Waals surface area (Å²) >= 11 is 0. The van der Waals surface area contributed by atoms with Gasteiger partial charge in [-0.3, -0.25) is 4.79 Å². The average molecular weight is 320 g/mol. The smallest absolute Gasteiger partial charge is 0.321 e. The maximum absolute atomic E-state index is 11.9. The molecule has 0 aliphatic heterocycles. The van der Waals surface area contributed by atoms with Crippen molar-refractivity contribution in [1.29, 1.82) is 10.5 Å². The number of nitrogens with zero attached hydrogens (tertiary/aromatic N) is 2. The largest absolute Gasteiger partial charge is 0.480 e. The molecule has 0 saturated heterocycles. The Kier molecular flexibility index (Phi) is 5.64. The SMILES string of the molecule is CC(NS(=O)(=O)c1ccc(NC=C(C#N)C#N)cc1)C(=O)O. The number of hydrogen-bond acceptors (Lipinski definition) is 6. The predicted octanol–water partition coefficient (Wildman–Crippen LogP) is 0.781. The quantitative estimate of drug-likeness (QED) is 0.657. The highest BCUT2D eigenvalue weighted by Gasteiger charge is 2.21. The molecule has 1 aromatic carbocycles. The van der Waals surface area contributed by atoms with Gasteiger partial charge in [0.05, 0.1) is 4.90 Å². The Morgan fingerprint density at radius 3 is 2.27 bits per heavy atom. The minimum Gasteiger partial charge on any atom is -0.480 e. The highest BCUT2D eigenvalue weighted by molar-refractivity contribution is 7.89. The van der Waals surface area contributed by atoms with Crippen LogP contribution in [0.4, 0.5) is 5.69 Å². The fourth-order valence-corrected chi connectivity index (χ4v) is 2.52. The van der Waals surface area contributed by atoms with E-state index in [9.17, 15) is 13.2 Å². The maximum Gasteiger partial charge on any atom is 0.321 e. The van der Waals surface area contributed by atoms with Crippen LogP contribution in [0.3, 0.4) is 0 Å². The van der Waals surface area contributed by atoms with Gasteiger partial charge in [0.25, 0.3) is 0 Å².